The lowest BCUT2D eigenvalue weighted by Gasteiger charge is -2.18. The number of nitrogens with one attached hydrogen (secondary N) is 2. The van der Waals surface area contributed by atoms with E-state index in [1.807, 2.05) is 0 Å². The Bertz CT molecular complexity index is 382. The second kappa shape index (κ2) is 8.74. The number of nitrogens with two attached hydrogens (primary N) is 1. The summed E-state index contributed by atoms with van der Waals surface area (Å²) in [5, 5.41) is 13.9. The molecule has 21 heavy (non-hydrogen) atoms. The van der Waals surface area contributed by atoms with Crippen molar-refractivity contribution in [3.63, 3.8) is 0 Å². The van der Waals surface area contributed by atoms with Crippen molar-refractivity contribution in [2.75, 3.05) is 19.7 Å². The van der Waals surface area contributed by atoms with Crippen LogP contribution in [0.1, 0.15) is 32.6 Å². The van der Waals surface area contributed by atoms with Gasteiger partial charge >= 0.3 is 0 Å². The summed E-state index contributed by atoms with van der Waals surface area (Å²) in [6, 6.07) is -0.843. The largest absolute Gasteiger partial charge is 0.389 e. The third-order valence-electron chi connectivity index (χ3n) is 3.61. The SMILES string of the molecule is CC1CC1.NCC(=O)N[C@@H](C[C@@H]1CCNC1=O)C(=O)CO. The molecule has 0 aromatic carbocycles. The van der Waals surface area contributed by atoms with Crippen LogP contribution >= 0.6 is 0 Å². The van der Waals surface area contributed by atoms with Crippen molar-refractivity contribution >= 4 is 17.6 Å². The molecule has 0 aromatic heterocycles. The number of hydrogen-bond acceptors (Lipinski definition) is 5. The van der Waals surface area contributed by atoms with Crippen LogP contribution in [-0.2, 0) is 14.4 Å². The lowest BCUT2D eigenvalue weighted by atomic mass is 9.96. The first kappa shape index (κ1) is 17.6. The molecule has 0 bridgehead atoms. The number of ketones is 1. The highest BCUT2D eigenvalue weighted by molar-refractivity contribution is 5.91. The third kappa shape index (κ3) is 6.68. The number of carbonyl (C=O) groups excluding carboxylic acids is 3. The molecular formula is C14H25N3O4. The molecule has 0 radical (unpaired) electrons. The quantitative estimate of drug-likeness (QED) is 0.498. The molecule has 0 spiro atoms. The fourth-order valence-corrected chi connectivity index (χ4v) is 1.96. The van der Waals surface area contributed by atoms with Crippen molar-refractivity contribution in [3.05, 3.63) is 0 Å². The first-order chi connectivity index (χ1) is 9.97. The van der Waals surface area contributed by atoms with E-state index in [2.05, 4.69) is 17.6 Å². The highest BCUT2D eigenvalue weighted by Gasteiger charge is 2.30. The molecule has 0 unspecified atom stereocenters. The van der Waals surface area contributed by atoms with Crippen molar-refractivity contribution in [1.29, 1.82) is 0 Å². The van der Waals surface area contributed by atoms with Gasteiger partial charge in [-0.15, -0.1) is 0 Å². The molecule has 7 nitrogen and oxygen atoms in total. The van der Waals surface area contributed by atoms with E-state index in [1.54, 1.807) is 0 Å². The molecule has 0 aromatic rings. The highest BCUT2D eigenvalue weighted by Crippen LogP contribution is 2.26. The van der Waals surface area contributed by atoms with Crippen molar-refractivity contribution in [1.82, 2.24) is 10.6 Å². The smallest absolute Gasteiger partial charge is 0.234 e. The number of rotatable bonds is 6. The van der Waals surface area contributed by atoms with Gasteiger partial charge in [-0.05, 0) is 18.8 Å². The second-order valence-electron chi connectivity index (χ2n) is 5.64. The van der Waals surface area contributed by atoms with Gasteiger partial charge in [0.1, 0.15) is 6.61 Å². The van der Waals surface area contributed by atoms with Gasteiger partial charge in [-0.2, -0.15) is 0 Å². The fraction of sp³-hybridized carbons (Fsp3) is 0.786. The predicted octanol–water partition coefficient (Wildman–Crippen LogP) is -1.07. The maximum atomic E-state index is 11.4. The van der Waals surface area contributed by atoms with Crippen molar-refractivity contribution in [2.24, 2.45) is 17.6 Å². The van der Waals surface area contributed by atoms with Gasteiger partial charge in [0.2, 0.25) is 11.8 Å². The Balaban J connectivity index is 0.000000471. The third-order valence-corrected chi connectivity index (χ3v) is 3.61. The first-order valence-corrected chi connectivity index (χ1v) is 7.38. The molecule has 2 aliphatic rings. The van der Waals surface area contributed by atoms with Crippen LogP contribution in [0.5, 0.6) is 0 Å². The number of Topliss-reactive ketones (excluding diaryl/α,β-unsaturated/α-hetero) is 1. The zero-order valence-electron chi connectivity index (χ0n) is 12.4. The summed E-state index contributed by atoms with van der Waals surface area (Å²) in [4.78, 5) is 33.9. The molecule has 2 amide bonds. The molecule has 2 fully saturated rings. The van der Waals surface area contributed by atoms with Gasteiger partial charge in [-0.25, -0.2) is 0 Å². The standard InChI is InChI=1S/C10H17N3O4.C4H8/c11-4-9(16)13-7(8(15)5-14)3-6-1-2-12-10(6)17;1-4-2-3-4/h6-7,14H,1-5,11H2,(H,12,17)(H,13,16);4H,2-3H2,1H3/t6-,7-;/m0./s1. The van der Waals surface area contributed by atoms with E-state index in [1.165, 1.54) is 12.8 Å². The minimum atomic E-state index is -0.843. The molecule has 5 N–H and O–H groups in total. The van der Waals surface area contributed by atoms with Gasteiger partial charge in [-0.3, -0.25) is 14.4 Å². The minimum absolute atomic E-state index is 0.122. The highest BCUT2D eigenvalue weighted by atomic mass is 16.3. The minimum Gasteiger partial charge on any atom is -0.389 e. The molecule has 120 valence electrons. The Labute approximate surface area is 124 Å². The molecule has 2 rings (SSSR count). The van der Waals surface area contributed by atoms with Crippen LogP contribution in [0.4, 0.5) is 0 Å². The topological polar surface area (TPSA) is 122 Å². The van der Waals surface area contributed by atoms with Crippen LogP contribution < -0.4 is 16.4 Å². The Morgan fingerprint density at radius 3 is 2.43 bits per heavy atom. The zero-order chi connectivity index (χ0) is 15.8. The lowest BCUT2D eigenvalue weighted by Crippen LogP contribution is -2.46. The lowest BCUT2D eigenvalue weighted by molar-refractivity contribution is -0.130. The number of carbonyl (C=O) groups is 3. The second-order valence-corrected chi connectivity index (χ2v) is 5.64. The number of aliphatic hydroxyl groups is 1. The Kier molecular flexibility index (Phi) is 7.31. The summed E-state index contributed by atoms with van der Waals surface area (Å²) in [5.74, 6) is -0.321. The van der Waals surface area contributed by atoms with Crippen LogP contribution in [0.3, 0.4) is 0 Å². The summed E-state index contributed by atoms with van der Waals surface area (Å²) in [6.07, 6.45) is 3.81. The van der Waals surface area contributed by atoms with Gasteiger partial charge in [0.25, 0.3) is 0 Å². The van der Waals surface area contributed by atoms with Crippen LogP contribution in [0.15, 0.2) is 0 Å². The van der Waals surface area contributed by atoms with Crippen molar-refractivity contribution in [3.8, 4) is 0 Å². The van der Waals surface area contributed by atoms with Gasteiger partial charge < -0.3 is 21.5 Å². The molecule has 1 saturated carbocycles. The van der Waals surface area contributed by atoms with Gasteiger partial charge in [-0.1, -0.05) is 19.8 Å². The normalized spacial score (nSPS) is 21.9. The van der Waals surface area contributed by atoms with Gasteiger partial charge in [0.15, 0.2) is 5.78 Å². The van der Waals surface area contributed by atoms with Crippen LogP contribution in [0, 0.1) is 11.8 Å². The van der Waals surface area contributed by atoms with E-state index in [-0.39, 0.29) is 24.8 Å². The van der Waals surface area contributed by atoms with Crippen molar-refractivity contribution in [2.45, 2.75) is 38.6 Å². The van der Waals surface area contributed by atoms with Crippen LogP contribution in [-0.4, -0.2) is 48.4 Å². The van der Waals surface area contributed by atoms with E-state index in [0.717, 1.165) is 5.92 Å². The van der Waals surface area contributed by atoms with E-state index in [4.69, 9.17) is 10.8 Å². The Hall–Kier alpha value is -1.47. The molecule has 1 saturated heterocycles. The summed E-state index contributed by atoms with van der Waals surface area (Å²) in [5.41, 5.74) is 5.13. The molecule has 2 atom stereocenters. The molecule has 1 aliphatic heterocycles. The Morgan fingerprint density at radius 1 is 1.43 bits per heavy atom. The number of amides is 2. The molecule has 7 heteroatoms. The molecule has 1 aliphatic carbocycles. The van der Waals surface area contributed by atoms with Gasteiger partial charge in [0.05, 0.1) is 12.6 Å². The van der Waals surface area contributed by atoms with Crippen LogP contribution in [0.2, 0.25) is 0 Å². The number of aliphatic hydroxyl groups excluding tert-OH is 1. The number of hydrogen-bond donors (Lipinski definition) is 4. The maximum Gasteiger partial charge on any atom is 0.234 e. The summed E-state index contributed by atoms with van der Waals surface area (Å²) in [7, 11) is 0. The van der Waals surface area contributed by atoms with E-state index >= 15 is 0 Å². The van der Waals surface area contributed by atoms with E-state index < -0.39 is 24.3 Å². The van der Waals surface area contributed by atoms with E-state index in [9.17, 15) is 14.4 Å². The molecule has 1 heterocycles. The van der Waals surface area contributed by atoms with Crippen molar-refractivity contribution < 1.29 is 19.5 Å². The fourth-order valence-electron chi connectivity index (χ4n) is 1.96. The van der Waals surface area contributed by atoms with Crippen LogP contribution in [0.25, 0.3) is 0 Å². The monoisotopic (exact) mass is 299 g/mol. The van der Waals surface area contributed by atoms with Gasteiger partial charge in [0, 0.05) is 12.5 Å². The average Bonchev–Trinajstić information content (AvgIpc) is 3.16. The Morgan fingerprint density at radius 2 is 2.05 bits per heavy atom. The van der Waals surface area contributed by atoms with E-state index in [0.29, 0.717) is 13.0 Å². The maximum absolute atomic E-state index is 11.4. The predicted molar refractivity (Wildman–Crippen MR) is 77.2 cm³/mol. The summed E-state index contributed by atoms with van der Waals surface area (Å²) < 4.78 is 0. The first-order valence-electron chi connectivity index (χ1n) is 7.38. The average molecular weight is 299 g/mol. The molecular weight excluding hydrogens is 274 g/mol. The summed E-state index contributed by atoms with van der Waals surface area (Å²) >= 11 is 0. The summed E-state index contributed by atoms with van der Waals surface area (Å²) in [6.45, 7) is 1.96. The zero-order valence-corrected chi connectivity index (χ0v) is 12.4.